The summed E-state index contributed by atoms with van der Waals surface area (Å²) in [6.07, 6.45) is 2.20. The van der Waals surface area contributed by atoms with Crippen LogP contribution < -0.4 is 0 Å². The Morgan fingerprint density at radius 1 is 0.696 bits per heavy atom. The summed E-state index contributed by atoms with van der Waals surface area (Å²) < 4.78 is 2.37. The molecule has 1 nitrogen and oxygen atoms in total. The van der Waals surface area contributed by atoms with Gasteiger partial charge < -0.3 is 4.57 Å². The largest absolute Gasteiger partial charge is 0.336 e. The maximum atomic E-state index is 2.37. The maximum Gasteiger partial charge on any atom is 0.0839 e. The molecule has 0 spiro atoms. The van der Waals surface area contributed by atoms with E-state index in [1.54, 1.807) is 0 Å². The minimum atomic E-state index is 0.192. The molecule has 4 rings (SSSR count). The van der Waals surface area contributed by atoms with Gasteiger partial charge in [0, 0.05) is 11.7 Å². The molecular weight excluding hydrogens is 278 g/mol. The van der Waals surface area contributed by atoms with Gasteiger partial charge in [0.05, 0.1) is 6.04 Å². The van der Waals surface area contributed by atoms with Gasteiger partial charge in [0.1, 0.15) is 0 Å². The molecule has 0 saturated heterocycles. The van der Waals surface area contributed by atoms with Crippen LogP contribution >= 0.6 is 0 Å². The van der Waals surface area contributed by atoms with Crippen molar-refractivity contribution in [1.29, 1.82) is 0 Å². The second kappa shape index (κ2) is 5.77. The Morgan fingerprint density at radius 3 is 1.91 bits per heavy atom. The number of benzene rings is 3. The van der Waals surface area contributed by atoms with Crippen LogP contribution in [0.5, 0.6) is 0 Å². The number of hydrogen-bond acceptors (Lipinski definition) is 0. The fourth-order valence-electron chi connectivity index (χ4n) is 3.29. The summed E-state index contributed by atoms with van der Waals surface area (Å²) >= 11 is 0. The number of fused-ring (bicyclic) bond motifs is 1. The van der Waals surface area contributed by atoms with Crippen LogP contribution in [0.25, 0.3) is 10.9 Å². The molecule has 0 fully saturated rings. The lowest BCUT2D eigenvalue weighted by Crippen LogP contribution is -2.11. The molecule has 0 aliphatic heterocycles. The lowest BCUT2D eigenvalue weighted by molar-refractivity contribution is 0.705. The van der Waals surface area contributed by atoms with Gasteiger partial charge in [0.25, 0.3) is 0 Å². The summed E-state index contributed by atoms with van der Waals surface area (Å²) in [6.45, 7) is 2.14. The Morgan fingerprint density at radius 2 is 1.30 bits per heavy atom. The van der Waals surface area contributed by atoms with Gasteiger partial charge in [-0.2, -0.15) is 0 Å². The van der Waals surface area contributed by atoms with E-state index in [0.717, 1.165) is 0 Å². The Balaban J connectivity index is 1.94. The van der Waals surface area contributed by atoms with Gasteiger partial charge in [-0.1, -0.05) is 72.3 Å². The smallest absolute Gasteiger partial charge is 0.0839 e. The average Bonchev–Trinajstić information content (AvgIpc) is 3.00. The van der Waals surface area contributed by atoms with Gasteiger partial charge in [-0.25, -0.2) is 0 Å². The van der Waals surface area contributed by atoms with Gasteiger partial charge in [-0.3, -0.25) is 0 Å². The molecule has 0 bridgehead atoms. The van der Waals surface area contributed by atoms with E-state index in [1.165, 1.54) is 27.6 Å². The first kappa shape index (κ1) is 13.8. The Kier molecular flexibility index (Phi) is 3.47. The van der Waals surface area contributed by atoms with E-state index in [1.807, 2.05) is 0 Å². The molecule has 0 unspecified atom stereocenters. The third-order valence-corrected chi connectivity index (χ3v) is 4.38. The van der Waals surface area contributed by atoms with Crippen LogP contribution in [-0.2, 0) is 0 Å². The van der Waals surface area contributed by atoms with Crippen molar-refractivity contribution in [1.82, 2.24) is 4.57 Å². The molecule has 0 aliphatic carbocycles. The second-order valence-corrected chi connectivity index (χ2v) is 6.01. The number of aromatic nitrogens is 1. The van der Waals surface area contributed by atoms with Gasteiger partial charge in [0.15, 0.2) is 0 Å². The van der Waals surface area contributed by atoms with Crippen molar-refractivity contribution in [3.8, 4) is 0 Å². The Hall–Kier alpha value is -2.80. The SMILES string of the molecule is Cc1ccc2c(ccn2C(c2ccccc2)c2ccccc2)c1. The molecule has 0 radical (unpaired) electrons. The minimum Gasteiger partial charge on any atom is -0.336 e. The summed E-state index contributed by atoms with van der Waals surface area (Å²) in [5, 5.41) is 1.29. The third-order valence-electron chi connectivity index (χ3n) is 4.38. The summed E-state index contributed by atoms with van der Waals surface area (Å²) in [5.74, 6) is 0. The number of rotatable bonds is 3. The lowest BCUT2D eigenvalue weighted by Gasteiger charge is -2.21. The Bertz CT molecular complexity index is 881. The first-order valence-electron chi connectivity index (χ1n) is 8.00. The normalized spacial score (nSPS) is 11.2. The average molecular weight is 297 g/mol. The molecule has 0 aliphatic rings. The number of hydrogen-bond donors (Lipinski definition) is 0. The van der Waals surface area contributed by atoms with Crippen LogP contribution in [-0.4, -0.2) is 4.57 Å². The van der Waals surface area contributed by atoms with E-state index in [-0.39, 0.29) is 6.04 Å². The van der Waals surface area contributed by atoms with Crippen LogP contribution in [0.15, 0.2) is 91.1 Å². The highest BCUT2D eigenvalue weighted by Gasteiger charge is 2.17. The maximum absolute atomic E-state index is 2.37. The van der Waals surface area contributed by atoms with Crippen molar-refractivity contribution in [3.63, 3.8) is 0 Å². The minimum absolute atomic E-state index is 0.192. The molecule has 4 aromatic rings. The third kappa shape index (κ3) is 2.55. The molecule has 0 saturated carbocycles. The zero-order valence-corrected chi connectivity index (χ0v) is 13.2. The van der Waals surface area contributed by atoms with Crippen LogP contribution in [0, 0.1) is 6.92 Å². The van der Waals surface area contributed by atoms with Gasteiger partial charge in [0.2, 0.25) is 0 Å². The Labute approximate surface area is 136 Å². The van der Waals surface area contributed by atoms with Crippen molar-refractivity contribution in [3.05, 3.63) is 108 Å². The van der Waals surface area contributed by atoms with E-state index < -0.39 is 0 Å². The molecule has 0 amide bonds. The van der Waals surface area contributed by atoms with Crippen molar-refractivity contribution in [2.45, 2.75) is 13.0 Å². The van der Waals surface area contributed by atoms with E-state index in [2.05, 4.69) is 103 Å². The predicted molar refractivity (Wildman–Crippen MR) is 96.8 cm³/mol. The molecular formula is C22H19N. The van der Waals surface area contributed by atoms with E-state index in [4.69, 9.17) is 0 Å². The molecule has 3 aromatic carbocycles. The van der Waals surface area contributed by atoms with Crippen LogP contribution in [0.2, 0.25) is 0 Å². The highest BCUT2D eigenvalue weighted by molar-refractivity contribution is 5.81. The van der Waals surface area contributed by atoms with Crippen LogP contribution in [0.3, 0.4) is 0 Å². The van der Waals surface area contributed by atoms with Crippen LogP contribution in [0.4, 0.5) is 0 Å². The fourth-order valence-corrected chi connectivity index (χ4v) is 3.29. The van der Waals surface area contributed by atoms with Crippen molar-refractivity contribution in [2.24, 2.45) is 0 Å². The highest BCUT2D eigenvalue weighted by atomic mass is 15.0. The summed E-state index contributed by atoms with van der Waals surface area (Å²) in [7, 11) is 0. The van der Waals surface area contributed by atoms with Gasteiger partial charge >= 0.3 is 0 Å². The predicted octanol–water partition coefficient (Wildman–Crippen LogP) is 5.59. The molecule has 23 heavy (non-hydrogen) atoms. The van der Waals surface area contributed by atoms with E-state index in [0.29, 0.717) is 0 Å². The molecule has 112 valence electrons. The zero-order valence-electron chi connectivity index (χ0n) is 13.2. The van der Waals surface area contributed by atoms with Gasteiger partial charge in [-0.15, -0.1) is 0 Å². The molecule has 1 aromatic heterocycles. The van der Waals surface area contributed by atoms with Gasteiger partial charge in [-0.05, 0) is 41.6 Å². The van der Waals surface area contributed by atoms with Crippen molar-refractivity contribution in [2.75, 3.05) is 0 Å². The topological polar surface area (TPSA) is 4.93 Å². The summed E-state index contributed by atoms with van der Waals surface area (Å²) in [5.41, 5.74) is 5.17. The monoisotopic (exact) mass is 297 g/mol. The van der Waals surface area contributed by atoms with E-state index >= 15 is 0 Å². The summed E-state index contributed by atoms with van der Waals surface area (Å²) in [4.78, 5) is 0. The molecule has 1 heterocycles. The van der Waals surface area contributed by atoms with E-state index in [9.17, 15) is 0 Å². The molecule has 0 atom stereocenters. The number of nitrogens with zero attached hydrogens (tertiary/aromatic N) is 1. The quantitative estimate of drug-likeness (QED) is 0.464. The number of aryl methyl sites for hydroxylation is 1. The first-order chi connectivity index (χ1) is 11.3. The second-order valence-electron chi connectivity index (χ2n) is 6.01. The van der Waals surface area contributed by atoms with Crippen molar-refractivity contribution >= 4 is 10.9 Å². The lowest BCUT2D eigenvalue weighted by atomic mass is 9.98. The van der Waals surface area contributed by atoms with Crippen molar-refractivity contribution < 1.29 is 0 Å². The molecule has 1 heteroatoms. The highest BCUT2D eigenvalue weighted by Crippen LogP contribution is 2.31. The molecule has 0 N–H and O–H groups in total. The summed E-state index contributed by atoms with van der Waals surface area (Å²) in [6, 6.07) is 30.5. The van der Waals surface area contributed by atoms with Crippen LogP contribution in [0.1, 0.15) is 22.7 Å². The standard InChI is InChI=1S/C22H19N/c1-17-12-13-21-20(16-17)14-15-23(21)22(18-8-4-2-5-9-18)19-10-6-3-7-11-19/h2-16,22H,1H3. The fraction of sp³-hybridized carbons (Fsp3) is 0.0909. The zero-order chi connectivity index (χ0) is 15.6. The first-order valence-corrected chi connectivity index (χ1v) is 8.00.